The van der Waals surface area contributed by atoms with Crippen LogP contribution in [0.5, 0.6) is 0 Å². The van der Waals surface area contributed by atoms with Gasteiger partial charge >= 0.3 is 0 Å². The van der Waals surface area contributed by atoms with Gasteiger partial charge in [-0.3, -0.25) is 14.6 Å². The van der Waals surface area contributed by atoms with Crippen LogP contribution in [0.15, 0.2) is 47.5 Å². The van der Waals surface area contributed by atoms with E-state index < -0.39 is 32.5 Å². The van der Waals surface area contributed by atoms with E-state index in [1.54, 1.807) is 31.3 Å². The van der Waals surface area contributed by atoms with Gasteiger partial charge in [0.1, 0.15) is 23.0 Å². The fourth-order valence-corrected chi connectivity index (χ4v) is 3.18. The molecule has 0 aliphatic heterocycles. The Morgan fingerprint density at radius 1 is 1.16 bits per heavy atom. The molecule has 7 nitrogen and oxygen atoms in total. The Kier molecular flexibility index (Phi) is 4.23. The molecule has 2 heterocycles. The molecule has 0 radical (unpaired) electrons. The van der Waals surface area contributed by atoms with Gasteiger partial charge in [0, 0.05) is 12.3 Å². The van der Waals surface area contributed by atoms with Crippen LogP contribution in [0.3, 0.4) is 0 Å². The summed E-state index contributed by atoms with van der Waals surface area (Å²) in [7, 11) is -4.35. The Balaban J connectivity index is 1.85. The zero-order valence-electron chi connectivity index (χ0n) is 12.8. The van der Waals surface area contributed by atoms with Crippen molar-refractivity contribution in [2.45, 2.75) is 11.8 Å². The molecule has 10 heteroatoms. The average molecular weight is 366 g/mol. The number of aryl methyl sites for hydroxylation is 1. The van der Waals surface area contributed by atoms with Crippen LogP contribution in [-0.4, -0.2) is 23.7 Å². The lowest BCUT2D eigenvalue weighted by atomic mass is 10.3. The molecule has 0 fully saturated rings. The molecule has 0 unspecified atom stereocenters. The molecule has 25 heavy (non-hydrogen) atoms. The highest BCUT2D eigenvalue weighted by Crippen LogP contribution is 2.14. The van der Waals surface area contributed by atoms with Crippen LogP contribution < -0.4 is 10.3 Å². The van der Waals surface area contributed by atoms with Crippen molar-refractivity contribution in [3.05, 3.63) is 65.6 Å². The molecule has 0 saturated heterocycles. The van der Waals surface area contributed by atoms with Crippen molar-refractivity contribution in [1.82, 2.24) is 19.6 Å². The maximum atomic E-state index is 13.2. The highest BCUT2D eigenvalue weighted by Gasteiger charge is 2.21. The van der Waals surface area contributed by atoms with Crippen molar-refractivity contribution < 1.29 is 22.0 Å². The summed E-state index contributed by atoms with van der Waals surface area (Å²) in [6.07, 6.45) is 1.60. The van der Waals surface area contributed by atoms with Crippen LogP contribution in [0.25, 0.3) is 5.65 Å². The van der Waals surface area contributed by atoms with Gasteiger partial charge in [-0.1, -0.05) is 6.07 Å². The van der Waals surface area contributed by atoms with Gasteiger partial charge in [-0.05, 0) is 31.2 Å². The van der Waals surface area contributed by atoms with Crippen LogP contribution in [0.1, 0.15) is 16.2 Å². The number of rotatable bonds is 4. The summed E-state index contributed by atoms with van der Waals surface area (Å²) in [5.41, 5.74) is 3.04. The second-order valence-electron chi connectivity index (χ2n) is 5.14. The van der Waals surface area contributed by atoms with Gasteiger partial charge in [-0.25, -0.2) is 22.2 Å². The second kappa shape index (κ2) is 6.22. The van der Waals surface area contributed by atoms with Gasteiger partial charge in [0.2, 0.25) is 0 Å². The highest BCUT2D eigenvalue weighted by molar-refractivity contribution is 7.89. The molecule has 0 aliphatic carbocycles. The number of aromatic nitrogens is 2. The number of hydrogen-bond acceptors (Lipinski definition) is 4. The lowest BCUT2D eigenvalue weighted by Gasteiger charge is -2.09. The molecule has 0 bridgehead atoms. The average Bonchev–Trinajstić information content (AvgIpc) is 2.87. The minimum atomic E-state index is -4.35. The summed E-state index contributed by atoms with van der Waals surface area (Å²) >= 11 is 0. The molecule has 3 rings (SSSR count). The van der Waals surface area contributed by atoms with Crippen molar-refractivity contribution in [1.29, 1.82) is 0 Å². The molecule has 0 saturated carbocycles. The summed E-state index contributed by atoms with van der Waals surface area (Å²) in [5, 5.41) is 0. The molecular formula is C15H12F2N4O3S. The fraction of sp³-hybridized carbons (Fsp3) is 0.0667. The molecule has 3 aromatic rings. The van der Waals surface area contributed by atoms with Crippen molar-refractivity contribution >= 4 is 21.6 Å². The van der Waals surface area contributed by atoms with E-state index in [1.165, 1.54) is 4.40 Å². The number of halogens is 2. The minimum Gasteiger partial charge on any atom is -0.295 e. The van der Waals surface area contributed by atoms with Gasteiger partial charge in [0.25, 0.3) is 15.9 Å². The molecule has 1 amide bonds. The number of fused-ring (bicyclic) bond motifs is 1. The summed E-state index contributed by atoms with van der Waals surface area (Å²) in [6.45, 7) is 1.60. The summed E-state index contributed by atoms with van der Waals surface area (Å²) in [4.78, 5) is 17.6. The lowest BCUT2D eigenvalue weighted by Crippen LogP contribution is -2.42. The lowest BCUT2D eigenvalue weighted by molar-refractivity contribution is 0.0938. The van der Waals surface area contributed by atoms with Crippen LogP contribution >= 0.6 is 0 Å². The maximum Gasteiger partial charge on any atom is 0.285 e. The van der Waals surface area contributed by atoms with Crippen molar-refractivity contribution in [2.75, 3.05) is 0 Å². The Labute approximate surface area is 141 Å². The Morgan fingerprint density at radius 3 is 2.52 bits per heavy atom. The van der Waals surface area contributed by atoms with Crippen LogP contribution in [0.4, 0.5) is 8.78 Å². The largest absolute Gasteiger partial charge is 0.295 e. The smallest absolute Gasteiger partial charge is 0.285 e. The first kappa shape index (κ1) is 17.0. The highest BCUT2D eigenvalue weighted by atomic mass is 32.2. The Morgan fingerprint density at radius 2 is 1.84 bits per heavy atom. The first-order valence-corrected chi connectivity index (χ1v) is 8.48. The quantitative estimate of drug-likeness (QED) is 0.685. The zero-order valence-corrected chi connectivity index (χ0v) is 13.6. The summed E-state index contributed by atoms with van der Waals surface area (Å²) in [6, 6.07) is 6.92. The molecule has 0 atom stereocenters. The van der Waals surface area contributed by atoms with E-state index in [1.807, 2.05) is 10.3 Å². The monoisotopic (exact) mass is 366 g/mol. The van der Waals surface area contributed by atoms with Gasteiger partial charge in [0.15, 0.2) is 0 Å². The van der Waals surface area contributed by atoms with E-state index in [2.05, 4.69) is 4.98 Å². The summed E-state index contributed by atoms with van der Waals surface area (Å²) in [5.74, 6) is -2.87. The predicted octanol–water partition coefficient (Wildman–Crippen LogP) is 1.54. The number of pyridine rings is 1. The first-order valence-electron chi connectivity index (χ1n) is 7.00. The standard InChI is InChI=1S/C15H12F2N4O3S/c1-9-14(21-5-3-2-4-13(21)18-9)15(22)19-20-25(23,24)12-7-10(16)6-11(17)8-12/h2-8,20H,1H3,(H,19,22). The number of nitrogens with zero attached hydrogens (tertiary/aromatic N) is 2. The molecule has 0 spiro atoms. The number of hydrazine groups is 1. The van der Waals surface area contributed by atoms with E-state index in [-0.39, 0.29) is 5.69 Å². The number of carbonyl (C=O) groups is 1. The number of hydrogen-bond donors (Lipinski definition) is 2. The topological polar surface area (TPSA) is 92.6 Å². The Hall–Kier alpha value is -2.85. The molecule has 1 aromatic carbocycles. The molecule has 2 N–H and O–H groups in total. The summed E-state index contributed by atoms with van der Waals surface area (Å²) < 4.78 is 52.0. The molecule has 0 aliphatic rings. The third-order valence-corrected chi connectivity index (χ3v) is 4.59. The van der Waals surface area contributed by atoms with E-state index in [0.717, 1.165) is 0 Å². The molecular weight excluding hydrogens is 354 g/mol. The third-order valence-electron chi connectivity index (χ3n) is 3.36. The van der Waals surface area contributed by atoms with Crippen molar-refractivity contribution in [3.8, 4) is 0 Å². The molecule has 130 valence electrons. The SMILES string of the molecule is Cc1nc2ccccn2c1C(=O)NNS(=O)(=O)c1cc(F)cc(F)c1. The van der Waals surface area contributed by atoms with E-state index in [0.29, 0.717) is 29.5 Å². The Bertz CT molecular complexity index is 1060. The zero-order chi connectivity index (χ0) is 18.2. The van der Waals surface area contributed by atoms with Crippen LogP contribution in [-0.2, 0) is 10.0 Å². The predicted molar refractivity (Wildman–Crippen MR) is 84.1 cm³/mol. The number of carbonyl (C=O) groups excluding carboxylic acids is 1. The number of benzene rings is 1. The number of amides is 1. The van der Waals surface area contributed by atoms with Crippen LogP contribution in [0.2, 0.25) is 0 Å². The van der Waals surface area contributed by atoms with Gasteiger partial charge in [-0.2, -0.15) is 0 Å². The fourth-order valence-electron chi connectivity index (χ4n) is 2.30. The minimum absolute atomic E-state index is 0.128. The molecule has 2 aromatic heterocycles. The van der Waals surface area contributed by atoms with Gasteiger partial charge in [-0.15, -0.1) is 4.83 Å². The third kappa shape index (κ3) is 3.35. The van der Waals surface area contributed by atoms with Crippen molar-refractivity contribution in [3.63, 3.8) is 0 Å². The van der Waals surface area contributed by atoms with Crippen molar-refractivity contribution in [2.24, 2.45) is 0 Å². The maximum absolute atomic E-state index is 13.2. The second-order valence-corrected chi connectivity index (χ2v) is 6.82. The van der Waals surface area contributed by atoms with Gasteiger partial charge in [0.05, 0.1) is 10.6 Å². The first-order chi connectivity index (χ1) is 11.8. The van der Waals surface area contributed by atoms with E-state index in [9.17, 15) is 22.0 Å². The van der Waals surface area contributed by atoms with E-state index in [4.69, 9.17) is 0 Å². The normalized spacial score (nSPS) is 11.6. The van der Waals surface area contributed by atoms with Crippen LogP contribution in [0, 0.1) is 18.6 Å². The number of sulfonamides is 1. The number of imidazole rings is 1. The van der Waals surface area contributed by atoms with Gasteiger partial charge < -0.3 is 0 Å². The number of nitrogens with one attached hydrogen (secondary N) is 2. The van der Waals surface area contributed by atoms with E-state index >= 15 is 0 Å².